The number of nitrogens with one attached hydrogen (secondary N) is 1. The van der Waals surface area contributed by atoms with Crippen LogP contribution in [0, 0.1) is 10.1 Å². The lowest BCUT2D eigenvalue weighted by atomic mass is 10.1. The third-order valence-corrected chi connectivity index (χ3v) is 3.64. The Kier molecular flexibility index (Phi) is 6.94. The predicted molar refractivity (Wildman–Crippen MR) is 98.2 cm³/mol. The minimum absolute atomic E-state index is 0.107. The van der Waals surface area contributed by atoms with Crippen LogP contribution in [0.5, 0.6) is 0 Å². The topological polar surface area (TPSA) is 98.5 Å². The van der Waals surface area contributed by atoms with Crippen LogP contribution >= 0.6 is 11.6 Å². The first kappa shape index (κ1) is 21.9. The molecular weight excluding hydrogens is 417 g/mol. The molecule has 11 heteroatoms. The zero-order chi connectivity index (χ0) is 21.6. The van der Waals surface area contributed by atoms with Gasteiger partial charge in [-0.15, -0.1) is 0 Å². The summed E-state index contributed by atoms with van der Waals surface area (Å²) in [5.74, 6) is -1.85. The van der Waals surface area contributed by atoms with E-state index < -0.39 is 40.8 Å². The number of ether oxygens (including phenoxy) is 1. The molecule has 0 atom stereocenters. The lowest BCUT2D eigenvalue weighted by molar-refractivity contribution is -0.383. The molecule has 152 valence electrons. The lowest BCUT2D eigenvalue weighted by Gasteiger charge is -2.07. The summed E-state index contributed by atoms with van der Waals surface area (Å²) in [6, 6.07) is 7.79. The maximum Gasteiger partial charge on any atom is 0.416 e. The van der Waals surface area contributed by atoms with Gasteiger partial charge in [-0.25, -0.2) is 4.79 Å². The van der Waals surface area contributed by atoms with Gasteiger partial charge in [0.1, 0.15) is 5.69 Å². The minimum atomic E-state index is -4.52. The Morgan fingerprint density at radius 3 is 2.59 bits per heavy atom. The Balaban J connectivity index is 1.94. The van der Waals surface area contributed by atoms with Crippen molar-refractivity contribution in [3.63, 3.8) is 0 Å². The average molecular weight is 429 g/mol. The summed E-state index contributed by atoms with van der Waals surface area (Å²) >= 11 is 5.73. The highest BCUT2D eigenvalue weighted by Gasteiger charge is 2.30. The number of alkyl halides is 3. The smallest absolute Gasteiger partial charge is 0.416 e. The molecule has 2 rings (SSSR count). The number of carbonyl (C=O) groups excluding carboxylic acids is 2. The van der Waals surface area contributed by atoms with Crippen LogP contribution < -0.4 is 5.32 Å². The molecule has 7 nitrogen and oxygen atoms in total. The number of nitro benzene ring substituents is 1. The number of hydrogen-bond acceptors (Lipinski definition) is 5. The Hall–Kier alpha value is -3.40. The van der Waals surface area contributed by atoms with E-state index in [9.17, 15) is 32.9 Å². The fourth-order valence-corrected chi connectivity index (χ4v) is 2.29. The molecule has 0 aliphatic carbocycles. The van der Waals surface area contributed by atoms with Crippen LogP contribution in [-0.4, -0.2) is 23.4 Å². The molecule has 29 heavy (non-hydrogen) atoms. The van der Waals surface area contributed by atoms with Crippen molar-refractivity contribution in [2.24, 2.45) is 0 Å². The molecule has 0 radical (unpaired) electrons. The van der Waals surface area contributed by atoms with E-state index in [2.05, 4.69) is 10.1 Å². The van der Waals surface area contributed by atoms with E-state index in [1.54, 1.807) is 0 Å². The van der Waals surface area contributed by atoms with Gasteiger partial charge < -0.3 is 10.1 Å². The van der Waals surface area contributed by atoms with E-state index in [-0.39, 0.29) is 16.3 Å². The number of nitrogens with zero attached hydrogens (tertiary/aromatic N) is 1. The number of benzene rings is 2. The van der Waals surface area contributed by atoms with Gasteiger partial charge in [0, 0.05) is 17.2 Å². The molecule has 2 aromatic carbocycles. The van der Waals surface area contributed by atoms with Crippen LogP contribution in [0.25, 0.3) is 6.08 Å². The van der Waals surface area contributed by atoms with Crippen molar-refractivity contribution in [2.75, 3.05) is 11.9 Å². The number of hydrogen-bond donors (Lipinski definition) is 1. The van der Waals surface area contributed by atoms with E-state index in [0.29, 0.717) is 0 Å². The molecule has 1 N–H and O–H groups in total. The normalized spacial score (nSPS) is 11.3. The minimum Gasteiger partial charge on any atom is -0.452 e. The maximum atomic E-state index is 12.6. The predicted octanol–water partition coefficient (Wildman–Crippen LogP) is 4.46. The number of nitro groups is 1. The number of rotatable bonds is 6. The first-order valence-corrected chi connectivity index (χ1v) is 8.20. The summed E-state index contributed by atoms with van der Waals surface area (Å²) < 4.78 is 42.6. The van der Waals surface area contributed by atoms with Crippen LogP contribution in [-0.2, 0) is 20.5 Å². The van der Waals surface area contributed by atoms with Gasteiger partial charge in [0.2, 0.25) is 0 Å². The molecule has 0 bridgehead atoms. The van der Waals surface area contributed by atoms with E-state index in [0.717, 1.165) is 36.4 Å². The van der Waals surface area contributed by atoms with Crippen LogP contribution in [0.3, 0.4) is 0 Å². The molecule has 0 spiro atoms. The second-order valence-electron chi connectivity index (χ2n) is 5.53. The van der Waals surface area contributed by atoms with Crippen LogP contribution in [0.1, 0.15) is 11.1 Å². The highest BCUT2D eigenvalue weighted by molar-refractivity contribution is 6.31. The Bertz CT molecular complexity index is 976. The number of carbonyl (C=O) groups is 2. The molecule has 0 heterocycles. The first-order chi connectivity index (χ1) is 13.6. The quantitative estimate of drug-likeness (QED) is 0.317. The van der Waals surface area contributed by atoms with Gasteiger partial charge in [0.25, 0.3) is 11.6 Å². The molecule has 2 aromatic rings. The van der Waals surface area contributed by atoms with Gasteiger partial charge in [0.05, 0.1) is 10.5 Å². The van der Waals surface area contributed by atoms with Crippen LogP contribution in [0.4, 0.5) is 24.5 Å². The van der Waals surface area contributed by atoms with Crippen LogP contribution in [0.15, 0.2) is 48.5 Å². The SMILES string of the molecule is O=C(COC(=O)/C=C/c1cccc(C(F)(F)F)c1)Nc1cc(Cl)ccc1[N+](=O)[O-]. The van der Waals surface area contributed by atoms with Gasteiger partial charge in [0.15, 0.2) is 6.61 Å². The van der Waals surface area contributed by atoms with E-state index in [1.165, 1.54) is 18.2 Å². The summed E-state index contributed by atoms with van der Waals surface area (Å²) in [6.45, 7) is -0.768. The summed E-state index contributed by atoms with van der Waals surface area (Å²) in [7, 11) is 0. The highest BCUT2D eigenvalue weighted by atomic mass is 35.5. The fourth-order valence-electron chi connectivity index (χ4n) is 2.12. The molecule has 0 aliphatic rings. The number of amides is 1. The molecule has 0 saturated heterocycles. The highest BCUT2D eigenvalue weighted by Crippen LogP contribution is 2.30. The standard InChI is InChI=1S/C18H12ClF3N2O5/c19-13-5-6-15(24(27)28)14(9-13)23-16(25)10-29-17(26)7-4-11-2-1-3-12(8-11)18(20,21)22/h1-9H,10H2,(H,23,25)/b7-4+. The fraction of sp³-hybridized carbons (Fsp3) is 0.111. The van der Waals surface area contributed by atoms with E-state index in [1.807, 2.05) is 0 Å². The van der Waals surface area contributed by atoms with Gasteiger partial charge in [-0.3, -0.25) is 14.9 Å². The lowest BCUT2D eigenvalue weighted by Crippen LogP contribution is -2.20. The van der Waals surface area contributed by atoms with Crippen molar-refractivity contribution in [1.29, 1.82) is 0 Å². The zero-order valence-electron chi connectivity index (χ0n) is 14.4. The van der Waals surface area contributed by atoms with Crippen molar-refractivity contribution in [3.05, 3.63) is 74.8 Å². The van der Waals surface area contributed by atoms with Gasteiger partial charge in [-0.2, -0.15) is 13.2 Å². The molecule has 0 aliphatic heterocycles. The second-order valence-corrected chi connectivity index (χ2v) is 5.97. The van der Waals surface area contributed by atoms with Crippen molar-refractivity contribution < 1.29 is 32.4 Å². The summed E-state index contributed by atoms with van der Waals surface area (Å²) in [4.78, 5) is 33.7. The average Bonchev–Trinajstić information content (AvgIpc) is 2.64. The van der Waals surface area contributed by atoms with Gasteiger partial charge >= 0.3 is 12.1 Å². The van der Waals surface area contributed by atoms with Crippen molar-refractivity contribution in [1.82, 2.24) is 0 Å². The summed E-state index contributed by atoms with van der Waals surface area (Å²) in [5.41, 5.74) is -1.35. The summed E-state index contributed by atoms with van der Waals surface area (Å²) in [5, 5.41) is 13.3. The van der Waals surface area contributed by atoms with Crippen molar-refractivity contribution in [2.45, 2.75) is 6.18 Å². The zero-order valence-corrected chi connectivity index (χ0v) is 15.2. The van der Waals surface area contributed by atoms with Crippen LogP contribution in [0.2, 0.25) is 5.02 Å². The number of halogens is 4. The Labute approximate surface area is 166 Å². The summed E-state index contributed by atoms with van der Waals surface area (Å²) in [6.07, 6.45) is -2.58. The maximum absolute atomic E-state index is 12.6. The Morgan fingerprint density at radius 1 is 1.21 bits per heavy atom. The molecular formula is C18H12ClF3N2O5. The molecule has 0 saturated carbocycles. The number of esters is 1. The van der Waals surface area contributed by atoms with Gasteiger partial charge in [-0.05, 0) is 35.9 Å². The van der Waals surface area contributed by atoms with E-state index >= 15 is 0 Å². The largest absolute Gasteiger partial charge is 0.452 e. The van der Waals surface area contributed by atoms with E-state index in [4.69, 9.17) is 11.6 Å². The van der Waals surface area contributed by atoms with Crippen molar-refractivity contribution >= 4 is 40.9 Å². The third-order valence-electron chi connectivity index (χ3n) is 3.40. The number of anilines is 1. The molecule has 0 fully saturated rings. The molecule has 0 aromatic heterocycles. The van der Waals surface area contributed by atoms with Crippen molar-refractivity contribution in [3.8, 4) is 0 Å². The third kappa shape index (κ3) is 6.61. The Morgan fingerprint density at radius 2 is 1.93 bits per heavy atom. The first-order valence-electron chi connectivity index (χ1n) is 7.82. The monoisotopic (exact) mass is 428 g/mol. The van der Waals surface area contributed by atoms with Gasteiger partial charge in [-0.1, -0.05) is 23.7 Å². The second kappa shape index (κ2) is 9.20. The molecule has 1 amide bonds. The molecule has 0 unspecified atom stereocenters.